The van der Waals surface area contributed by atoms with Crippen LogP contribution in [0, 0.1) is 0 Å². The number of carboxylic acids is 1. The Bertz CT molecular complexity index is 977. The fourth-order valence-electron chi connectivity index (χ4n) is 2.32. The van der Waals surface area contributed by atoms with E-state index in [9.17, 15) is 14.4 Å². The third-order valence-corrected chi connectivity index (χ3v) is 3.61. The van der Waals surface area contributed by atoms with E-state index in [0.717, 1.165) is 6.08 Å². The summed E-state index contributed by atoms with van der Waals surface area (Å²) in [4.78, 5) is 34.5. The Hall–Kier alpha value is -4.08. The molecule has 2 aromatic rings. The van der Waals surface area contributed by atoms with Crippen molar-refractivity contribution in [3.05, 3.63) is 54.0 Å². The first-order valence-electron chi connectivity index (χ1n) is 7.98. The summed E-state index contributed by atoms with van der Waals surface area (Å²) in [6.45, 7) is 1.64. The highest BCUT2D eigenvalue weighted by molar-refractivity contribution is 6.10. The second-order valence-corrected chi connectivity index (χ2v) is 5.53. The van der Waals surface area contributed by atoms with Crippen molar-refractivity contribution >= 4 is 29.2 Å². The zero-order valence-corrected chi connectivity index (χ0v) is 14.6. The van der Waals surface area contributed by atoms with Gasteiger partial charge in [0.25, 0.3) is 0 Å². The van der Waals surface area contributed by atoms with Crippen LogP contribution in [0.1, 0.15) is 23.0 Å². The number of fused-ring (bicyclic) bond motifs is 1. The van der Waals surface area contributed by atoms with Crippen LogP contribution in [0.3, 0.4) is 0 Å². The molecule has 0 spiro atoms. The van der Waals surface area contributed by atoms with Crippen molar-refractivity contribution in [2.24, 2.45) is 5.10 Å². The molecule has 0 bridgehead atoms. The van der Waals surface area contributed by atoms with E-state index in [-0.39, 0.29) is 12.6 Å². The van der Waals surface area contributed by atoms with Gasteiger partial charge >= 0.3 is 11.9 Å². The van der Waals surface area contributed by atoms with Gasteiger partial charge in [0.15, 0.2) is 17.3 Å². The van der Waals surface area contributed by atoms with E-state index in [1.807, 2.05) is 0 Å². The van der Waals surface area contributed by atoms with Gasteiger partial charge in [-0.15, -0.1) is 0 Å². The molecular weight excluding hydrogens is 370 g/mol. The van der Waals surface area contributed by atoms with Crippen LogP contribution in [0.5, 0.6) is 11.5 Å². The van der Waals surface area contributed by atoms with E-state index in [4.69, 9.17) is 19.0 Å². The first kappa shape index (κ1) is 18.7. The lowest BCUT2D eigenvalue weighted by atomic mass is 10.1. The fraction of sp³-hybridized carbons (Fsp3) is 0.111. The Balaban J connectivity index is 1.85. The Labute approximate surface area is 158 Å². The highest BCUT2D eigenvalue weighted by atomic mass is 16.7. The summed E-state index contributed by atoms with van der Waals surface area (Å²) in [6.07, 6.45) is 2.95. The Morgan fingerprint density at radius 2 is 1.93 bits per heavy atom. The normalized spacial score (nSPS) is 12.8. The maximum Gasteiger partial charge on any atom is 0.328 e. The van der Waals surface area contributed by atoms with Gasteiger partial charge in [-0.2, -0.15) is 5.10 Å². The van der Waals surface area contributed by atoms with E-state index < -0.39 is 17.8 Å². The number of aliphatic carboxylic acids is 1. The zero-order valence-electron chi connectivity index (χ0n) is 14.6. The second-order valence-electron chi connectivity index (χ2n) is 5.53. The lowest BCUT2D eigenvalue weighted by Crippen LogP contribution is -2.19. The number of carbonyl (C=O) groups excluding carboxylic acids is 2. The quantitative estimate of drug-likeness (QED) is 0.391. The fourth-order valence-corrected chi connectivity index (χ4v) is 2.32. The van der Waals surface area contributed by atoms with Gasteiger partial charge in [0.2, 0.25) is 12.7 Å². The lowest BCUT2D eigenvalue weighted by Gasteiger charge is -2.11. The van der Waals surface area contributed by atoms with E-state index in [1.165, 1.54) is 18.4 Å². The zero-order chi connectivity index (χ0) is 20.1. The van der Waals surface area contributed by atoms with Crippen LogP contribution in [0.2, 0.25) is 0 Å². The first-order valence-corrected chi connectivity index (χ1v) is 7.98. The Kier molecular flexibility index (Phi) is 5.40. The van der Waals surface area contributed by atoms with Crippen LogP contribution < -0.4 is 20.2 Å². The maximum absolute atomic E-state index is 12.0. The SMILES string of the molecule is CC(=NNC(=O)c1ccco1)c1cc2c(cc1NC(=O)C=CC(=O)O)OCO2. The van der Waals surface area contributed by atoms with Crippen LogP contribution in [-0.2, 0) is 9.59 Å². The molecule has 0 atom stereocenters. The van der Waals surface area contributed by atoms with Crippen molar-refractivity contribution in [1.29, 1.82) is 0 Å². The number of hydrazone groups is 1. The minimum Gasteiger partial charge on any atom is -0.478 e. The predicted octanol–water partition coefficient (Wildman–Crippen LogP) is 1.74. The van der Waals surface area contributed by atoms with Crippen molar-refractivity contribution in [1.82, 2.24) is 5.43 Å². The third-order valence-electron chi connectivity index (χ3n) is 3.61. The van der Waals surface area contributed by atoms with Gasteiger partial charge in [-0.3, -0.25) is 9.59 Å². The predicted molar refractivity (Wildman–Crippen MR) is 96.4 cm³/mol. The van der Waals surface area contributed by atoms with E-state index in [1.54, 1.807) is 19.1 Å². The topological polar surface area (TPSA) is 139 Å². The number of rotatable bonds is 6. The van der Waals surface area contributed by atoms with E-state index in [2.05, 4.69) is 15.8 Å². The molecule has 2 heterocycles. The van der Waals surface area contributed by atoms with E-state index in [0.29, 0.717) is 34.5 Å². The molecule has 144 valence electrons. The van der Waals surface area contributed by atoms with Gasteiger partial charge in [-0.1, -0.05) is 0 Å². The van der Waals surface area contributed by atoms with Crippen LogP contribution in [-0.4, -0.2) is 35.4 Å². The van der Waals surface area contributed by atoms with Crippen LogP contribution in [0.4, 0.5) is 5.69 Å². The molecule has 2 amide bonds. The number of furan rings is 1. The van der Waals surface area contributed by atoms with Crippen molar-refractivity contribution in [2.45, 2.75) is 6.92 Å². The number of anilines is 1. The van der Waals surface area contributed by atoms with Crippen LogP contribution in [0.25, 0.3) is 0 Å². The molecule has 0 unspecified atom stereocenters. The molecule has 0 radical (unpaired) electrons. The molecular formula is C18H15N3O7. The van der Waals surface area contributed by atoms with Gasteiger partial charge in [-0.25, -0.2) is 10.2 Å². The number of nitrogens with one attached hydrogen (secondary N) is 2. The average molecular weight is 385 g/mol. The molecule has 10 nitrogen and oxygen atoms in total. The molecule has 1 aromatic heterocycles. The van der Waals surface area contributed by atoms with Crippen molar-refractivity contribution < 1.29 is 33.4 Å². The molecule has 0 saturated carbocycles. The third kappa shape index (κ3) is 4.36. The van der Waals surface area contributed by atoms with Crippen LogP contribution >= 0.6 is 0 Å². The van der Waals surface area contributed by atoms with Crippen molar-refractivity contribution in [2.75, 3.05) is 12.1 Å². The monoisotopic (exact) mass is 385 g/mol. The lowest BCUT2D eigenvalue weighted by molar-refractivity contribution is -0.131. The number of ether oxygens (including phenoxy) is 2. The summed E-state index contributed by atoms with van der Waals surface area (Å²) in [5.41, 5.74) is 3.46. The summed E-state index contributed by atoms with van der Waals surface area (Å²) in [7, 11) is 0. The number of hydrogen-bond donors (Lipinski definition) is 3. The minimum absolute atomic E-state index is 0.0243. The molecule has 10 heteroatoms. The smallest absolute Gasteiger partial charge is 0.328 e. The van der Waals surface area contributed by atoms with E-state index >= 15 is 0 Å². The average Bonchev–Trinajstić information content (AvgIpc) is 3.34. The van der Waals surface area contributed by atoms with Gasteiger partial charge in [-0.05, 0) is 25.1 Å². The van der Waals surface area contributed by atoms with Gasteiger partial charge in [0, 0.05) is 23.8 Å². The molecule has 3 N–H and O–H groups in total. The molecule has 0 aliphatic carbocycles. The number of hydrogen-bond acceptors (Lipinski definition) is 7. The van der Waals surface area contributed by atoms with Gasteiger partial charge in [0.05, 0.1) is 17.7 Å². The Morgan fingerprint density at radius 1 is 1.18 bits per heavy atom. The summed E-state index contributed by atoms with van der Waals surface area (Å²) in [5, 5.41) is 15.2. The summed E-state index contributed by atoms with van der Waals surface area (Å²) < 4.78 is 15.6. The molecule has 3 rings (SSSR count). The second kappa shape index (κ2) is 8.08. The number of amides is 2. The minimum atomic E-state index is -1.25. The highest BCUT2D eigenvalue weighted by Crippen LogP contribution is 2.37. The largest absolute Gasteiger partial charge is 0.478 e. The van der Waals surface area contributed by atoms with Crippen LogP contribution in [0.15, 0.2) is 52.2 Å². The van der Waals surface area contributed by atoms with Gasteiger partial charge in [0.1, 0.15) is 0 Å². The van der Waals surface area contributed by atoms with Gasteiger partial charge < -0.3 is 24.3 Å². The number of carbonyl (C=O) groups is 3. The maximum atomic E-state index is 12.0. The number of nitrogens with zero attached hydrogens (tertiary/aromatic N) is 1. The Morgan fingerprint density at radius 3 is 2.61 bits per heavy atom. The molecule has 1 aromatic carbocycles. The summed E-state index contributed by atoms with van der Waals surface area (Å²) in [5.74, 6) is -1.50. The summed E-state index contributed by atoms with van der Waals surface area (Å²) >= 11 is 0. The van der Waals surface area contributed by atoms with Crippen molar-refractivity contribution in [3.63, 3.8) is 0 Å². The molecule has 1 aliphatic rings. The molecule has 28 heavy (non-hydrogen) atoms. The molecule has 0 fully saturated rings. The summed E-state index contributed by atoms with van der Waals surface area (Å²) in [6, 6.07) is 6.18. The van der Waals surface area contributed by atoms with Crippen molar-refractivity contribution in [3.8, 4) is 11.5 Å². The standard InChI is InChI=1S/C18H15N3O7/c1-10(20-21-18(25)13-3-2-6-26-13)11-7-14-15(28-9-27-14)8-12(11)19-16(22)4-5-17(23)24/h2-8H,9H2,1H3,(H,19,22)(H,21,25)(H,23,24). The molecule has 1 aliphatic heterocycles. The molecule has 0 saturated heterocycles. The number of benzene rings is 1. The first-order chi connectivity index (χ1) is 13.4. The highest BCUT2D eigenvalue weighted by Gasteiger charge is 2.20. The number of carboxylic acid groups (broad SMARTS) is 1.